The summed E-state index contributed by atoms with van der Waals surface area (Å²) >= 11 is 0.782. The van der Waals surface area contributed by atoms with Gasteiger partial charge in [0.15, 0.2) is 44.0 Å². The highest BCUT2D eigenvalue weighted by atomic mass is 32.2. The van der Waals surface area contributed by atoms with Crippen molar-refractivity contribution >= 4 is 34.8 Å². The number of methoxy groups -OCH3 is 20. The minimum Gasteiger partial charge on any atom is -0.508 e. The summed E-state index contributed by atoms with van der Waals surface area (Å²) in [5, 5.41) is 15.0. The van der Waals surface area contributed by atoms with Gasteiger partial charge in [-0.2, -0.15) is 0 Å². The number of phenolic OH excluding ortho intramolecular Hbond substituents is 1. The van der Waals surface area contributed by atoms with Gasteiger partial charge >= 0.3 is 0 Å². The van der Waals surface area contributed by atoms with Crippen molar-refractivity contribution in [2.45, 2.75) is 228 Å². The Kier molecular flexibility index (Phi) is 39.9. The Balaban J connectivity index is 1.15. The van der Waals surface area contributed by atoms with Crippen LogP contribution in [0.25, 0.3) is 6.08 Å². The normalized spacial score (nSPS) is 40.7. The summed E-state index contributed by atoms with van der Waals surface area (Å²) in [6.07, 6.45) is -37.3. The van der Waals surface area contributed by atoms with Crippen molar-refractivity contribution in [2.24, 2.45) is 0 Å². The Morgan fingerprint density at radius 2 is 0.564 bits per heavy atom. The van der Waals surface area contributed by atoms with Gasteiger partial charge in [-0.25, -0.2) is 0 Å². The van der Waals surface area contributed by atoms with Crippen LogP contribution in [0.1, 0.15) is 12.5 Å². The Bertz CT molecular complexity index is 3080. The molecule has 0 saturated carbocycles. The zero-order valence-electron chi connectivity index (χ0n) is 70.4. The number of carbonyl (C=O) groups is 3. The molecular weight excluding hydrogens is 1580 g/mol. The highest BCUT2D eigenvalue weighted by molar-refractivity contribution is 8.14. The summed E-state index contributed by atoms with van der Waals surface area (Å²) in [6.45, 7) is 0.165. The highest BCUT2D eigenvalue weighted by Crippen LogP contribution is 2.43. The molecule has 21 aliphatic rings. The van der Waals surface area contributed by atoms with Gasteiger partial charge in [0.1, 0.15) is 183 Å². The molecule has 21 fully saturated rings. The van der Waals surface area contributed by atoms with Crippen molar-refractivity contribution in [2.75, 3.05) is 194 Å². The number of aromatic hydroxyl groups is 1. The van der Waals surface area contributed by atoms with Gasteiger partial charge in [-0.05, 0) is 23.8 Å². The minimum atomic E-state index is -1.47. The van der Waals surface area contributed by atoms with Gasteiger partial charge in [0, 0.05) is 161 Å². The van der Waals surface area contributed by atoms with Gasteiger partial charge in [-0.3, -0.25) is 14.4 Å². The molecule has 36 atom stereocenters. The van der Waals surface area contributed by atoms with E-state index in [9.17, 15) is 19.5 Å². The Hall–Kier alpha value is -3.64. The van der Waals surface area contributed by atoms with Gasteiger partial charge in [0.05, 0.1) is 39.6 Å². The Labute approximate surface area is 687 Å². The van der Waals surface area contributed by atoms with Crippen LogP contribution < -0.4 is 10.6 Å². The zero-order chi connectivity index (χ0) is 84.7. The number of amides is 2. The first-order valence-corrected chi connectivity index (χ1v) is 39.4. The number of hydrogen-bond acceptors (Lipinski definition) is 39. The van der Waals surface area contributed by atoms with E-state index in [0.717, 1.165) is 11.8 Å². The molecule has 672 valence electrons. The van der Waals surface area contributed by atoms with Gasteiger partial charge < -0.3 is 177 Å². The molecule has 2 amide bonds. The first kappa shape index (κ1) is 97.2. The highest BCUT2D eigenvalue weighted by Gasteiger charge is 2.62. The maximum absolute atomic E-state index is 14.7. The second kappa shape index (κ2) is 48.0. The largest absolute Gasteiger partial charge is 0.508 e. The van der Waals surface area contributed by atoms with Gasteiger partial charge in [0.2, 0.25) is 16.9 Å². The molecule has 117 heavy (non-hydrogen) atoms. The molecule has 21 heterocycles. The topological polar surface area (TPSA) is 409 Å². The SMILES string of the molecule is COC[C@H]1O[C@@H]2O[C@H]3[C@H](OC)[C@@H](OC)[C@@H](O[C@H]4[C@H](OC)[C@@H](OC)[C@@H](O[C@H]5[C@H](OC)[C@@H](OC)[C@@H](O[C@H]6[C@H](OC)[C@@H](OC)[C@@H](O[C@H]7[C@H](OC)[C@@H](OC)[C@@H](O[C@H]8[C@H](OC)[C@@H](OC)[C@@H](O[C@H]1[C@H](OC)[C@H]2OC)O[C@@H]8CNC(=O)[C@H](CSC(=O)/C=C/c1ccc(O)cc1)NC(C)=O)O[C@@H]7COC)O[C@@H]6COC)O[C@@H]5COC)O[C@@H]4COC)O[C@@H]3COC. The molecule has 0 radical (unpaired) electrons. The molecule has 3 N–H and O–H groups in total. The Morgan fingerprint density at radius 1 is 0.342 bits per heavy atom. The number of rotatable bonds is 34. The number of carbonyl (C=O) groups excluding carboxylic acids is 3. The summed E-state index contributed by atoms with van der Waals surface area (Å²) in [4.78, 5) is 41.0. The van der Waals surface area contributed by atoms with Crippen molar-refractivity contribution < 1.29 is 181 Å². The summed E-state index contributed by atoms with van der Waals surface area (Å²) in [5.74, 6) is -1.46. The van der Waals surface area contributed by atoms with Crippen LogP contribution in [0.3, 0.4) is 0 Å². The summed E-state index contributed by atoms with van der Waals surface area (Å²) in [5.41, 5.74) is 0.631. The van der Waals surface area contributed by atoms with Crippen LogP contribution in [0.15, 0.2) is 30.3 Å². The summed E-state index contributed by atoms with van der Waals surface area (Å²) in [6, 6.07) is 4.91. The maximum Gasteiger partial charge on any atom is 0.243 e. The van der Waals surface area contributed by atoms with E-state index in [4.69, 9.17) is 161 Å². The Morgan fingerprint density at radius 3 is 0.778 bits per heavy atom. The predicted octanol–water partition coefficient (Wildman–Crippen LogP) is -0.841. The molecule has 40 nitrogen and oxygen atoms in total. The second-order valence-electron chi connectivity index (χ2n) is 28.6. The van der Waals surface area contributed by atoms with Crippen LogP contribution >= 0.6 is 11.8 Å². The lowest BCUT2D eigenvalue weighted by Gasteiger charge is -2.52. The van der Waals surface area contributed by atoms with Crippen LogP contribution in [0.4, 0.5) is 0 Å². The molecular formula is C76H124N2O38S. The lowest BCUT2D eigenvalue weighted by Crippen LogP contribution is -2.69. The predicted molar refractivity (Wildman–Crippen MR) is 402 cm³/mol. The lowest BCUT2D eigenvalue weighted by atomic mass is 9.94. The van der Waals surface area contributed by atoms with Crippen molar-refractivity contribution in [1.29, 1.82) is 0 Å². The molecule has 0 unspecified atom stereocenters. The lowest BCUT2D eigenvalue weighted by molar-refractivity contribution is -0.402. The first-order chi connectivity index (χ1) is 56.7. The molecule has 22 rings (SSSR count). The van der Waals surface area contributed by atoms with Crippen LogP contribution in [0.2, 0.25) is 0 Å². The van der Waals surface area contributed by atoms with Crippen LogP contribution in [-0.4, -0.2) is 437 Å². The van der Waals surface area contributed by atoms with Crippen LogP contribution in [0, 0.1) is 0 Å². The number of benzene rings is 1. The van der Waals surface area contributed by atoms with E-state index in [-0.39, 0.29) is 51.1 Å². The third-order valence-corrected chi connectivity index (χ3v) is 22.8. The first-order valence-electron chi connectivity index (χ1n) is 38.4. The van der Waals surface area contributed by atoms with E-state index in [0.29, 0.717) is 5.56 Å². The van der Waals surface area contributed by atoms with Gasteiger partial charge in [-0.1, -0.05) is 30.0 Å². The average Bonchev–Trinajstić information content (AvgIpc) is 0.998. The standard InChI is InChI=1S/C76H124N2O38S/c1-36(79)78-39(35-117-47(81)27-24-37-22-25-38(80)26-23-37)69(82)77-28-40-48-55(89-8)62(96-15)70(103-40)111-49-41(29-83-2)105-72(64(98-17)56(49)90-9)113-51-43(31-85-4)107-74(66(100-19)58(51)92-11)115-53-45(33-87-6)109-76(68(102-21)60(53)94-13)116-54-46(34-88-7)108-75(67(101-20)61(54)95-14)114-52-44(32-86-5)106-73(65(99-18)59(52)93-12)112-50-42(30-84-3)104-71(110-48)63(97-16)57(50)91-10/h22-27,39-46,48-68,70-76,80H,28-35H2,1-21H3,(H,77,82)(H,78,79)/b27-24+/t39-,40+,41+,42+,43+,44+,45+,46+,48+,49+,50+,51+,52+,53+,54+,55-,56-,57-,58-,59-,60-,61-,62+,63+,64+,65+,66+,67+,68+,70+,71+,72+,73+,74+,75+,76+/m0/s1. The molecule has 21 aliphatic heterocycles. The van der Waals surface area contributed by atoms with E-state index in [2.05, 4.69) is 10.6 Å². The molecule has 0 aliphatic carbocycles. The maximum atomic E-state index is 14.7. The zero-order valence-corrected chi connectivity index (χ0v) is 71.2. The van der Waals surface area contributed by atoms with Gasteiger partial charge in [-0.15, -0.1) is 0 Å². The molecule has 1 aromatic rings. The molecule has 0 aromatic heterocycles. The van der Waals surface area contributed by atoms with Crippen molar-refractivity contribution in [3.05, 3.63) is 35.9 Å². The van der Waals surface area contributed by atoms with E-state index in [1.165, 1.54) is 167 Å². The smallest absolute Gasteiger partial charge is 0.243 e. The van der Waals surface area contributed by atoms with Crippen molar-refractivity contribution in [1.82, 2.24) is 10.6 Å². The average molecular weight is 1710 g/mol. The summed E-state index contributed by atoms with van der Waals surface area (Å²) < 4.78 is 222. The monoisotopic (exact) mass is 1700 g/mol. The van der Waals surface area contributed by atoms with E-state index in [1.54, 1.807) is 18.2 Å². The number of phenols is 1. The fourth-order valence-electron chi connectivity index (χ4n) is 16.4. The summed E-state index contributed by atoms with van der Waals surface area (Å²) in [7, 11) is 29.3. The molecule has 41 heteroatoms. The molecule has 1 aromatic carbocycles. The van der Waals surface area contributed by atoms with E-state index >= 15 is 0 Å². The molecule has 14 bridgehead atoms. The fraction of sp³-hybridized carbons (Fsp3) is 0.855. The quantitative estimate of drug-likeness (QED) is 0.0708. The molecule has 0 spiro atoms. The third kappa shape index (κ3) is 23.1. The van der Waals surface area contributed by atoms with Crippen molar-refractivity contribution in [3.63, 3.8) is 0 Å². The number of thioether (sulfide) groups is 1. The van der Waals surface area contributed by atoms with Crippen molar-refractivity contribution in [3.8, 4) is 5.75 Å². The number of hydrogen-bond donors (Lipinski definition) is 3. The van der Waals surface area contributed by atoms with Gasteiger partial charge in [0.25, 0.3) is 0 Å². The third-order valence-electron chi connectivity index (χ3n) is 21.8. The molecule has 21 saturated heterocycles. The van der Waals surface area contributed by atoms with Crippen LogP contribution in [0.5, 0.6) is 5.75 Å². The van der Waals surface area contributed by atoms with E-state index in [1.807, 2.05) is 0 Å². The minimum absolute atomic E-state index is 0.0481. The second-order valence-corrected chi connectivity index (χ2v) is 29.6. The number of ether oxygens (including phenoxy) is 34. The van der Waals surface area contributed by atoms with E-state index < -0.39 is 244 Å². The van der Waals surface area contributed by atoms with Crippen LogP contribution in [-0.2, 0) is 175 Å². The number of nitrogens with one attached hydrogen (secondary N) is 2. The fourth-order valence-corrected chi connectivity index (χ4v) is 17.2.